The number of aliphatic hydroxyl groups is 1. The molecule has 0 spiro atoms. The van der Waals surface area contributed by atoms with E-state index in [0.717, 1.165) is 32.5 Å². The highest BCUT2D eigenvalue weighted by atomic mass is 16.3. The Kier molecular flexibility index (Phi) is 7.45. The number of nitrogens with one attached hydrogen (secondary N) is 1. The first kappa shape index (κ1) is 11.9. The van der Waals surface area contributed by atoms with E-state index in [4.69, 9.17) is 0 Å². The van der Waals surface area contributed by atoms with Gasteiger partial charge in [-0.15, -0.1) is 0 Å². The zero-order valence-corrected chi connectivity index (χ0v) is 8.51. The van der Waals surface area contributed by atoms with Crippen LogP contribution in [0.2, 0.25) is 0 Å². The lowest BCUT2D eigenvalue weighted by atomic mass is 10.2. The SMILES string of the molecule is CCCC(O)CN(C)CCNC. The number of aliphatic hydroxyl groups excluding tert-OH is 1. The van der Waals surface area contributed by atoms with Crippen molar-refractivity contribution in [2.45, 2.75) is 25.9 Å². The molecule has 2 N–H and O–H groups in total. The van der Waals surface area contributed by atoms with Gasteiger partial charge in [0.2, 0.25) is 0 Å². The third-order valence-corrected chi connectivity index (χ3v) is 1.89. The zero-order valence-electron chi connectivity index (χ0n) is 8.51. The van der Waals surface area contributed by atoms with E-state index < -0.39 is 0 Å². The van der Waals surface area contributed by atoms with Crippen LogP contribution < -0.4 is 5.32 Å². The first-order chi connectivity index (χ1) is 5.70. The fraction of sp³-hybridized carbons (Fsp3) is 1.00. The van der Waals surface area contributed by atoms with Gasteiger partial charge in [-0.3, -0.25) is 0 Å². The molecule has 0 saturated carbocycles. The van der Waals surface area contributed by atoms with E-state index in [9.17, 15) is 5.11 Å². The monoisotopic (exact) mass is 174 g/mol. The van der Waals surface area contributed by atoms with Crippen LogP contribution in [0, 0.1) is 0 Å². The summed E-state index contributed by atoms with van der Waals surface area (Å²) >= 11 is 0. The summed E-state index contributed by atoms with van der Waals surface area (Å²) in [5, 5.41) is 12.5. The van der Waals surface area contributed by atoms with E-state index in [2.05, 4.69) is 17.1 Å². The lowest BCUT2D eigenvalue weighted by Gasteiger charge is -2.19. The minimum Gasteiger partial charge on any atom is -0.392 e. The van der Waals surface area contributed by atoms with E-state index >= 15 is 0 Å². The molecule has 0 aromatic rings. The van der Waals surface area contributed by atoms with Crippen LogP contribution in [-0.2, 0) is 0 Å². The Bertz CT molecular complexity index is 98.5. The number of hydrogen-bond donors (Lipinski definition) is 2. The second kappa shape index (κ2) is 7.53. The lowest BCUT2D eigenvalue weighted by Crippen LogP contribution is -2.33. The topological polar surface area (TPSA) is 35.5 Å². The molecule has 3 heteroatoms. The van der Waals surface area contributed by atoms with Crippen LogP contribution in [-0.4, -0.2) is 49.8 Å². The minimum absolute atomic E-state index is 0.156. The third-order valence-electron chi connectivity index (χ3n) is 1.89. The van der Waals surface area contributed by atoms with Crippen molar-refractivity contribution in [2.24, 2.45) is 0 Å². The van der Waals surface area contributed by atoms with Crippen LogP contribution in [0.5, 0.6) is 0 Å². The van der Waals surface area contributed by atoms with Gasteiger partial charge in [0.25, 0.3) is 0 Å². The molecule has 0 fully saturated rings. The maximum Gasteiger partial charge on any atom is 0.0666 e. The molecule has 0 aliphatic carbocycles. The molecule has 0 aliphatic rings. The predicted molar refractivity (Wildman–Crippen MR) is 52.3 cm³/mol. The molecule has 0 aromatic heterocycles. The van der Waals surface area contributed by atoms with Crippen molar-refractivity contribution in [3.63, 3.8) is 0 Å². The first-order valence-electron chi connectivity index (χ1n) is 4.72. The van der Waals surface area contributed by atoms with Crippen molar-refractivity contribution in [2.75, 3.05) is 33.7 Å². The van der Waals surface area contributed by atoms with Crippen LogP contribution in [0.25, 0.3) is 0 Å². The standard InChI is InChI=1S/C9H22N2O/c1-4-5-9(12)8-11(3)7-6-10-2/h9-10,12H,4-8H2,1-3H3. The number of nitrogens with zero attached hydrogens (tertiary/aromatic N) is 1. The van der Waals surface area contributed by atoms with Crippen LogP contribution in [0.1, 0.15) is 19.8 Å². The van der Waals surface area contributed by atoms with Crippen molar-refractivity contribution >= 4 is 0 Å². The molecule has 0 aromatic carbocycles. The van der Waals surface area contributed by atoms with Crippen molar-refractivity contribution in [3.05, 3.63) is 0 Å². The maximum atomic E-state index is 9.46. The van der Waals surface area contributed by atoms with E-state index in [1.807, 2.05) is 14.1 Å². The summed E-state index contributed by atoms with van der Waals surface area (Å²) in [6.45, 7) is 4.86. The smallest absolute Gasteiger partial charge is 0.0666 e. The molecular weight excluding hydrogens is 152 g/mol. The van der Waals surface area contributed by atoms with Crippen LogP contribution >= 0.6 is 0 Å². The maximum absolute atomic E-state index is 9.46. The fourth-order valence-corrected chi connectivity index (χ4v) is 1.18. The zero-order chi connectivity index (χ0) is 9.40. The molecule has 0 amide bonds. The molecule has 0 rings (SSSR count). The van der Waals surface area contributed by atoms with Gasteiger partial charge >= 0.3 is 0 Å². The lowest BCUT2D eigenvalue weighted by molar-refractivity contribution is 0.118. The van der Waals surface area contributed by atoms with Gasteiger partial charge in [0.15, 0.2) is 0 Å². The average Bonchev–Trinajstić information content (AvgIpc) is 2.01. The van der Waals surface area contributed by atoms with Crippen molar-refractivity contribution in [1.29, 1.82) is 0 Å². The van der Waals surface area contributed by atoms with Gasteiger partial charge in [0.05, 0.1) is 6.10 Å². The molecule has 0 saturated heterocycles. The molecule has 0 heterocycles. The van der Waals surface area contributed by atoms with Gasteiger partial charge in [0.1, 0.15) is 0 Å². The summed E-state index contributed by atoms with van der Waals surface area (Å²) in [6.07, 6.45) is 1.81. The molecule has 0 bridgehead atoms. The van der Waals surface area contributed by atoms with Gasteiger partial charge in [-0.25, -0.2) is 0 Å². The Morgan fingerprint density at radius 2 is 2.17 bits per heavy atom. The molecule has 1 atom stereocenters. The Labute approximate surface area is 75.8 Å². The normalized spacial score (nSPS) is 13.8. The van der Waals surface area contributed by atoms with Gasteiger partial charge < -0.3 is 15.3 Å². The van der Waals surface area contributed by atoms with E-state index in [0.29, 0.717) is 0 Å². The fourth-order valence-electron chi connectivity index (χ4n) is 1.18. The summed E-state index contributed by atoms with van der Waals surface area (Å²) in [5.41, 5.74) is 0. The number of hydrogen-bond acceptors (Lipinski definition) is 3. The van der Waals surface area contributed by atoms with Gasteiger partial charge in [-0.1, -0.05) is 13.3 Å². The summed E-state index contributed by atoms with van der Waals surface area (Å²) in [4.78, 5) is 2.15. The molecule has 12 heavy (non-hydrogen) atoms. The van der Waals surface area contributed by atoms with Crippen molar-refractivity contribution in [3.8, 4) is 0 Å². The van der Waals surface area contributed by atoms with Gasteiger partial charge in [-0.2, -0.15) is 0 Å². The van der Waals surface area contributed by atoms with E-state index in [-0.39, 0.29) is 6.10 Å². The quantitative estimate of drug-likeness (QED) is 0.582. The first-order valence-corrected chi connectivity index (χ1v) is 4.72. The molecular formula is C9H22N2O. The largest absolute Gasteiger partial charge is 0.392 e. The summed E-state index contributed by atoms with van der Waals surface area (Å²) in [6, 6.07) is 0. The summed E-state index contributed by atoms with van der Waals surface area (Å²) < 4.78 is 0. The van der Waals surface area contributed by atoms with Gasteiger partial charge in [0, 0.05) is 19.6 Å². The third kappa shape index (κ3) is 6.58. The average molecular weight is 174 g/mol. The summed E-state index contributed by atoms with van der Waals surface area (Å²) in [7, 11) is 3.98. The van der Waals surface area contributed by atoms with Crippen molar-refractivity contribution < 1.29 is 5.11 Å². The van der Waals surface area contributed by atoms with E-state index in [1.165, 1.54) is 0 Å². The second-order valence-electron chi connectivity index (χ2n) is 3.31. The van der Waals surface area contributed by atoms with Crippen LogP contribution in [0.4, 0.5) is 0 Å². The molecule has 74 valence electrons. The minimum atomic E-state index is -0.156. The molecule has 0 aliphatic heterocycles. The highest BCUT2D eigenvalue weighted by Crippen LogP contribution is 1.97. The van der Waals surface area contributed by atoms with Crippen LogP contribution in [0.15, 0.2) is 0 Å². The second-order valence-corrected chi connectivity index (χ2v) is 3.31. The Hall–Kier alpha value is -0.120. The van der Waals surface area contributed by atoms with E-state index in [1.54, 1.807) is 0 Å². The number of rotatable bonds is 7. The van der Waals surface area contributed by atoms with Gasteiger partial charge in [-0.05, 0) is 20.5 Å². The summed E-state index contributed by atoms with van der Waals surface area (Å²) in [5.74, 6) is 0. The van der Waals surface area contributed by atoms with Crippen molar-refractivity contribution in [1.82, 2.24) is 10.2 Å². The Balaban J connectivity index is 3.33. The molecule has 0 radical (unpaired) electrons. The number of likely N-dealkylation sites (N-methyl/N-ethyl adjacent to an activating group) is 2. The Morgan fingerprint density at radius 3 is 2.67 bits per heavy atom. The highest BCUT2D eigenvalue weighted by Gasteiger charge is 2.05. The highest BCUT2D eigenvalue weighted by molar-refractivity contribution is 4.61. The molecule has 1 unspecified atom stereocenters. The van der Waals surface area contributed by atoms with Crippen LogP contribution in [0.3, 0.4) is 0 Å². The predicted octanol–water partition coefficient (Wildman–Crippen LogP) is 0.299. The Morgan fingerprint density at radius 1 is 1.50 bits per heavy atom. The molecule has 3 nitrogen and oxygen atoms in total.